The molecule has 3 rings (SSSR count). The molecule has 20 heavy (non-hydrogen) atoms. The van der Waals surface area contributed by atoms with Crippen LogP contribution in [0.5, 0.6) is 0 Å². The molecule has 2 aromatic rings. The van der Waals surface area contributed by atoms with Gasteiger partial charge in [0.05, 0.1) is 5.38 Å². The zero-order valence-electron chi connectivity index (χ0n) is 11.7. The summed E-state index contributed by atoms with van der Waals surface area (Å²) in [5.74, 6) is 0. The summed E-state index contributed by atoms with van der Waals surface area (Å²) in [5.41, 5.74) is 5.42. The van der Waals surface area contributed by atoms with Gasteiger partial charge in [-0.15, -0.1) is 23.4 Å². The van der Waals surface area contributed by atoms with E-state index in [9.17, 15) is 0 Å². The lowest BCUT2D eigenvalue weighted by Crippen LogP contribution is -2.04. The van der Waals surface area contributed by atoms with E-state index in [0.717, 1.165) is 0 Å². The normalized spacial score (nSPS) is 15.7. The molecule has 0 radical (unpaired) electrons. The molecular formula is C18H19ClS. The Labute approximate surface area is 130 Å². The van der Waals surface area contributed by atoms with E-state index in [2.05, 4.69) is 48.7 Å². The number of fused-ring (bicyclic) bond motifs is 1. The van der Waals surface area contributed by atoms with Crippen LogP contribution in [0.2, 0.25) is 0 Å². The van der Waals surface area contributed by atoms with E-state index in [-0.39, 0.29) is 5.38 Å². The Morgan fingerprint density at radius 1 is 0.900 bits per heavy atom. The highest BCUT2D eigenvalue weighted by Crippen LogP contribution is 2.32. The van der Waals surface area contributed by atoms with Crippen molar-refractivity contribution in [1.82, 2.24) is 0 Å². The Morgan fingerprint density at radius 3 is 2.25 bits per heavy atom. The molecule has 0 N–H and O–H groups in total. The number of hydrogen-bond acceptors (Lipinski definition) is 1. The number of halogens is 1. The van der Waals surface area contributed by atoms with Crippen molar-refractivity contribution < 1.29 is 0 Å². The summed E-state index contributed by atoms with van der Waals surface area (Å²) in [5, 5.41) is -0.0434. The van der Waals surface area contributed by atoms with Crippen LogP contribution in [0, 0.1) is 0 Å². The summed E-state index contributed by atoms with van der Waals surface area (Å²) in [6.07, 6.45) is 7.17. The molecule has 1 aliphatic carbocycles. The molecule has 2 heteroatoms. The first-order valence-electron chi connectivity index (χ1n) is 7.17. The lowest BCUT2D eigenvalue weighted by Gasteiger charge is -2.18. The number of benzene rings is 2. The molecule has 1 aliphatic rings. The predicted molar refractivity (Wildman–Crippen MR) is 89.0 cm³/mol. The number of rotatable bonds is 3. The van der Waals surface area contributed by atoms with E-state index < -0.39 is 0 Å². The van der Waals surface area contributed by atoms with E-state index in [1.165, 1.54) is 52.8 Å². The van der Waals surface area contributed by atoms with Gasteiger partial charge in [-0.05, 0) is 66.3 Å². The number of aryl methyl sites for hydroxylation is 2. The molecule has 0 saturated carbocycles. The van der Waals surface area contributed by atoms with Crippen molar-refractivity contribution in [3.8, 4) is 0 Å². The van der Waals surface area contributed by atoms with Crippen LogP contribution in [0.25, 0.3) is 0 Å². The van der Waals surface area contributed by atoms with E-state index in [1.54, 1.807) is 11.8 Å². The Kier molecular flexibility index (Phi) is 4.38. The topological polar surface area (TPSA) is 0 Å². The van der Waals surface area contributed by atoms with Gasteiger partial charge >= 0.3 is 0 Å². The van der Waals surface area contributed by atoms with E-state index in [1.807, 2.05) is 0 Å². The summed E-state index contributed by atoms with van der Waals surface area (Å²) in [7, 11) is 0. The highest BCUT2D eigenvalue weighted by molar-refractivity contribution is 7.98. The third-order valence-corrected chi connectivity index (χ3v) is 5.32. The Hall–Kier alpha value is -0.920. The van der Waals surface area contributed by atoms with Crippen molar-refractivity contribution in [2.75, 3.05) is 6.26 Å². The fraction of sp³-hybridized carbons (Fsp3) is 0.333. The van der Waals surface area contributed by atoms with E-state index >= 15 is 0 Å². The lowest BCUT2D eigenvalue weighted by molar-refractivity contribution is 0.684. The van der Waals surface area contributed by atoms with E-state index in [4.69, 9.17) is 11.6 Å². The van der Waals surface area contributed by atoms with Crippen LogP contribution in [0.4, 0.5) is 0 Å². The molecule has 0 fully saturated rings. The van der Waals surface area contributed by atoms with Crippen molar-refractivity contribution in [2.24, 2.45) is 0 Å². The summed E-state index contributed by atoms with van der Waals surface area (Å²) >= 11 is 8.42. The molecule has 1 atom stereocenters. The quantitative estimate of drug-likeness (QED) is 0.524. The Balaban J connectivity index is 1.87. The van der Waals surface area contributed by atoms with Crippen LogP contribution in [-0.4, -0.2) is 6.26 Å². The molecule has 0 bridgehead atoms. The zero-order valence-corrected chi connectivity index (χ0v) is 13.3. The molecule has 0 saturated heterocycles. The second kappa shape index (κ2) is 6.24. The van der Waals surface area contributed by atoms with Crippen LogP contribution in [0.15, 0.2) is 47.4 Å². The predicted octanol–water partition coefficient (Wildman–Crippen LogP) is 5.62. The maximum atomic E-state index is 6.66. The number of hydrogen-bond donors (Lipinski definition) is 0. The van der Waals surface area contributed by atoms with Gasteiger partial charge in [0.2, 0.25) is 0 Å². The monoisotopic (exact) mass is 302 g/mol. The van der Waals surface area contributed by atoms with Gasteiger partial charge in [0.15, 0.2) is 0 Å². The minimum atomic E-state index is -0.0434. The Bertz CT molecular complexity index is 589. The molecule has 0 nitrogen and oxygen atoms in total. The van der Waals surface area contributed by atoms with Crippen molar-refractivity contribution in [1.29, 1.82) is 0 Å². The first-order chi connectivity index (χ1) is 9.78. The molecule has 104 valence electrons. The maximum absolute atomic E-state index is 6.66. The second-order valence-corrected chi connectivity index (χ2v) is 6.69. The average molecular weight is 303 g/mol. The van der Waals surface area contributed by atoms with Crippen molar-refractivity contribution in [2.45, 2.75) is 36.0 Å². The highest BCUT2D eigenvalue weighted by atomic mass is 35.5. The molecule has 0 heterocycles. The van der Waals surface area contributed by atoms with Gasteiger partial charge in [0.25, 0.3) is 0 Å². The van der Waals surface area contributed by atoms with E-state index in [0.29, 0.717) is 0 Å². The number of thioether (sulfide) groups is 1. The maximum Gasteiger partial charge on any atom is 0.0835 e. The van der Waals surface area contributed by atoms with Gasteiger partial charge in [-0.3, -0.25) is 0 Å². The fourth-order valence-electron chi connectivity index (χ4n) is 2.88. The molecule has 2 aromatic carbocycles. The summed E-state index contributed by atoms with van der Waals surface area (Å²) in [4.78, 5) is 1.28. The minimum absolute atomic E-state index is 0.0434. The third-order valence-electron chi connectivity index (χ3n) is 4.07. The molecule has 1 unspecified atom stereocenters. The van der Waals surface area contributed by atoms with Gasteiger partial charge < -0.3 is 0 Å². The molecule has 0 aromatic heterocycles. The van der Waals surface area contributed by atoms with Gasteiger partial charge in [-0.2, -0.15) is 0 Å². The van der Waals surface area contributed by atoms with Crippen LogP contribution in [-0.2, 0) is 12.8 Å². The molecule has 0 amide bonds. The highest BCUT2D eigenvalue weighted by Gasteiger charge is 2.15. The summed E-state index contributed by atoms with van der Waals surface area (Å²) < 4.78 is 0. The first kappa shape index (κ1) is 14.0. The van der Waals surface area contributed by atoms with Crippen LogP contribution in [0.3, 0.4) is 0 Å². The zero-order chi connectivity index (χ0) is 13.9. The van der Waals surface area contributed by atoms with Gasteiger partial charge in [-0.1, -0.05) is 30.3 Å². The van der Waals surface area contributed by atoms with Crippen molar-refractivity contribution in [3.63, 3.8) is 0 Å². The van der Waals surface area contributed by atoms with Crippen LogP contribution >= 0.6 is 23.4 Å². The van der Waals surface area contributed by atoms with Crippen molar-refractivity contribution in [3.05, 3.63) is 64.7 Å². The van der Waals surface area contributed by atoms with Crippen LogP contribution < -0.4 is 0 Å². The largest absolute Gasteiger partial charge is 0.130 e. The van der Waals surface area contributed by atoms with Gasteiger partial charge in [-0.25, -0.2) is 0 Å². The molecular weight excluding hydrogens is 284 g/mol. The SMILES string of the molecule is CSc1ccc(C(Cl)c2ccc3c(c2)CCCC3)cc1. The average Bonchev–Trinajstić information content (AvgIpc) is 2.54. The second-order valence-electron chi connectivity index (χ2n) is 5.37. The lowest BCUT2D eigenvalue weighted by atomic mass is 9.89. The van der Waals surface area contributed by atoms with Crippen molar-refractivity contribution >= 4 is 23.4 Å². The molecule has 0 aliphatic heterocycles. The standard InChI is InChI=1S/C18H19ClS/c1-20-17-10-8-14(9-11-17)18(19)16-7-6-13-4-2-3-5-15(13)12-16/h6-12,18H,2-5H2,1H3. The van der Waals surface area contributed by atoms with Gasteiger partial charge in [0, 0.05) is 4.90 Å². The first-order valence-corrected chi connectivity index (χ1v) is 8.84. The van der Waals surface area contributed by atoms with Gasteiger partial charge in [0.1, 0.15) is 0 Å². The summed E-state index contributed by atoms with van der Waals surface area (Å²) in [6, 6.07) is 15.4. The molecule has 0 spiro atoms. The third kappa shape index (κ3) is 2.89. The minimum Gasteiger partial charge on any atom is -0.130 e. The number of alkyl halides is 1. The van der Waals surface area contributed by atoms with Crippen LogP contribution in [0.1, 0.15) is 40.5 Å². The summed E-state index contributed by atoms with van der Waals surface area (Å²) in [6.45, 7) is 0. The smallest absolute Gasteiger partial charge is 0.0835 e. The Morgan fingerprint density at radius 2 is 1.55 bits per heavy atom. The fourth-order valence-corrected chi connectivity index (χ4v) is 3.57.